The molecule has 0 aliphatic carbocycles. The van der Waals surface area contributed by atoms with Crippen LogP contribution in [0.15, 0.2) is 6.20 Å². The third-order valence-corrected chi connectivity index (χ3v) is 3.42. The zero-order valence-electron chi connectivity index (χ0n) is 11.8. The molecule has 1 aliphatic rings. The fourth-order valence-electron chi connectivity index (χ4n) is 2.31. The first-order chi connectivity index (χ1) is 9.79. The number of nitrogens with one attached hydrogen (secondary N) is 1. The Hall–Kier alpha value is -1.47. The molecule has 7 heteroatoms. The number of piperidine rings is 1. The van der Waals surface area contributed by atoms with Crippen LogP contribution in [0.25, 0.3) is 0 Å². The van der Waals surface area contributed by atoms with E-state index in [0.717, 1.165) is 31.6 Å². The van der Waals surface area contributed by atoms with Gasteiger partial charge in [-0.1, -0.05) is 5.21 Å². The number of likely N-dealkylation sites (tertiary alicyclic amines) is 1. The fraction of sp³-hybridized carbons (Fsp3) is 0.769. The Morgan fingerprint density at radius 3 is 2.90 bits per heavy atom. The van der Waals surface area contributed by atoms with Crippen LogP contribution in [0.4, 0.5) is 0 Å². The number of rotatable bonds is 7. The third-order valence-electron chi connectivity index (χ3n) is 3.42. The highest BCUT2D eigenvalue weighted by molar-refractivity contribution is 5.78. The van der Waals surface area contributed by atoms with Gasteiger partial charge in [0.1, 0.15) is 0 Å². The predicted molar refractivity (Wildman–Crippen MR) is 73.9 cm³/mol. The van der Waals surface area contributed by atoms with E-state index in [9.17, 15) is 4.79 Å². The summed E-state index contributed by atoms with van der Waals surface area (Å²) in [7, 11) is 0. The molecule has 0 bridgehead atoms. The van der Waals surface area contributed by atoms with E-state index in [4.69, 9.17) is 5.11 Å². The van der Waals surface area contributed by atoms with Gasteiger partial charge in [0.2, 0.25) is 5.91 Å². The lowest BCUT2D eigenvalue weighted by Gasteiger charge is -2.26. The fourth-order valence-corrected chi connectivity index (χ4v) is 2.31. The number of aromatic nitrogens is 3. The molecule has 0 spiro atoms. The molecule has 1 amide bonds. The van der Waals surface area contributed by atoms with Gasteiger partial charge in [0.25, 0.3) is 0 Å². The molecule has 7 nitrogen and oxygen atoms in total. The van der Waals surface area contributed by atoms with Crippen molar-refractivity contribution in [2.45, 2.75) is 38.8 Å². The van der Waals surface area contributed by atoms with E-state index in [0.29, 0.717) is 26.1 Å². The summed E-state index contributed by atoms with van der Waals surface area (Å²) in [5.74, 6) is 0.164. The number of aliphatic hydroxyl groups is 1. The zero-order valence-corrected chi connectivity index (χ0v) is 11.8. The molecule has 1 fully saturated rings. The van der Waals surface area contributed by atoms with E-state index < -0.39 is 0 Å². The molecule has 1 aromatic rings. The van der Waals surface area contributed by atoms with Gasteiger partial charge in [0, 0.05) is 39.0 Å². The van der Waals surface area contributed by atoms with Gasteiger partial charge >= 0.3 is 0 Å². The van der Waals surface area contributed by atoms with Crippen molar-refractivity contribution in [3.8, 4) is 0 Å². The predicted octanol–water partition coefficient (Wildman–Crippen LogP) is -0.237. The van der Waals surface area contributed by atoms with E-state index in [1.165, 1.54) is 6.42 Å². The van der Waals surface area contributed by atoms with Crippen molar-refractivity contribution < 1.29 is 9.90 Å². The largest absolute Gasteiger partial charge is 0.396 e. The summed E-state index contributed by atoms with van der Waals surface area (Å²) in [5.41, 5.74) is 0.814. The van der Waals surface area contributed by atoms with Crippen LogP contribution < -0.4 is 5.32 Å². The summed E-state index contributed by atoms with van der Waals surface area (Å²) in [5, 5.41) is 19.8. The lowest BCUT2D eigenvalue weighted by Crippen LogP contribution is -2.41. The average Bonchev–Trinajstić information content (AvgIpc) is 2.94. The minimum absolute atomic E-state index is 0.151. The van der Waals surface area contributed by atoms with E-state index in [-0.39, 0.29) is 12.5 Å². The highest BCUT2D eigenvalue weighted by atomic mass is 16.3. The number of aryl methyl sites for hydroxylation is 1. The van der Waals surface area contributed by atoms with E-state index in [2.05, 4.69) is 15.6 Å². The van der Waals surface area contributed by atoms with Crippen molar-refractivity contribution in [1.29, 1.82) is 0 Å². The lowest BCUT2D eigenvalue weighted by molar-refractivity contribution is -0.131. The number of nitrogens with zero attached hydrogens (tertiary/aromatic N) is 4. The van der Waals surface area contributed by atoms with Crippen molar-refractivity contribution in [3.63, 3.8) is 0 Å². The van der Waals surface area contributed by atoms with Crippen LogP contribution in [0.1, 0.15) is 31.4 Å². The van der Waals surface area contributed by atoms with Crippen LogP contribution in [-0.2, 0) is 17.9 Å². The number of aliphatic hydroxyl groups excluding tert-OH is 1. The first kappa shape index (κ1) is 14.9. The van der Waals surface area contributed by atoms with Crippen molar-refractivity contribution in [1.82, 2.24) is 25.2 Å². The van der Waals surface area contributed by atoms with Crippen LogP contribution in [0.2, 0.25) is 0 Å². The van der Waals surface area contributed by atoms with Crippen molar-refractivity contribution >= 4 is 5.91 Å². The zero-order chi connectivity index (χ0) is 14.2. The normalized spacial score (nSPS) is 15.6. The Kier molecular flexibility index (Phi) is 5.94. The molecule has 0 radical (unpaired) electrons. The average molecular weight is 281 g/mol. The molecule has 0 aromatic carbocycles. The molecular weight excluding hydrogens is 258 g/mol. The SMILES string of the molecule is O=C(CNCc1cn(CCCO)nn1)N1CCCCC1. The Balaban J connectivity index is 1.67. The van der Waals surface area contributed by atoms with Crippen molar-refractivity contribution in [3.05, 3.63) is 11.9 Å². The van der Waals surface area contributed by atoms with Gasteiger partial charge in [-0.3, -0.25) is 9.48 Å². The van der Waals surface area contributed by atoms with Gasteiger partial charge < -0.3 is 15.3 Å². The second-order valence-corrected chi connectivity index (χ2v) is 5.10. The Bertz CT molecular complexity index is 415. The number of hydrogen-bond acceptors (Lipinski definition) is 5. The topological polar surface area (TPSA) is 83.3 Å². The van der Waals surface area contributed by atoms with E-state index in [1.807, 2.05) is 11.1 Å². The Morgan fingerprint density at radius 2 is 2.15 bits per heavy atom. The van der Waals surface area contributed by atoms with Crippen LogP contribution in [0.5, 0.6) is 0 Å². The summed E-state index contributed by atoms with van der Waals surface area (Å²) < 4.78 is 1.71. The maximum Gasteiger partial charge on any atom is 0.236 e. The Labute approximate surface area is 119 Å². The highest BCUT2D eigenvalue weighted by Crippen LogP contribution is 2.08. The molecule has 2 N–H and O–H groups in total. The summed E-state index contributed by atoms with van der Waals surface area (Å²) in [6.07, 6.45) is 5.97. The highest BCUT2D eigenvalue weighted by Gasteiger charge is 2.15. The second kappa shape index (κ2) is 7.96. The van der Waals surface area contributed by atoms with Gasteiger partial charge in [-0.05, 0) is 25.7 Å². The summed E-state index contributed by atoms with van der Waals surface area (Å²) in [6.45, 7) is 3.48. The molecule has 1 saturated heterocycles. The molecule has 2 heterocycles. The molecular formula is C13H23N5O2. The molecule has 0 unspecified atom stereocenters. The number of hydrogen-bond donors (Lipinski definition) is 2. The summed E-state index contributed by atoms with van der Waals surface area (Å²) >= 11 is 0. The minimum atomic E-state index is 0.151. The van der Waals surface area contributed by atoms with Gasteiger partial charge in [-0.15, -0.1) is 5.10 Å². The quantitative estimate of drug-likeness (QED) is 0.721. The molecule has 2 rings (SSSR count). The van der Waals surface area contributed by atoms with E-state index in [1.54, 1.807) is 4.68 Å². The second-order valence-electron chi connectivity index (χ2n) is 5.10. The molecule has 1 aromatic heterocycles. The monoisotopic (exact) mass is 281 g/mol. The van der Waals surface area contributed by atoms with Crippen LogP contribution >= 0.6 is 0 Å². The number of amides is 1. The maximum absolute atomic E-state index is 11.9. The summed E-state index contributed by atoms with van der Waals surface area (Å²) in [4.78, 5) is 13.9. The Morgan fingerprint density at radius 1 is 1.35 bits per heavy atom. The lowest BCUT2D eigenvalue weighted by atomic mass is 10.1. The van der Waals surface area contributed by atoms with Crippen LogP contribution in [-0.4, -0.2) is 57.1 Å². The van der Waals surface area contributed by atoms with Gasteiger partial charge in [-0.25, -0.2) is 0 Å². The molecule has 0 atom stereocenters. The van der Waals surface area contributed by atoms with Gasteiger partial charge in [0.05, 0.1) is 12.2 Å². The standard InChI is InChI=1S/C13H23N5O2/c19-8-4-7-18-11-12(15-16-18)9-14-10-13(20)17-5-2-1-3-6-17/h11,14,19H,1-10H2. The maximum atomic E-state index is 11.9. The molecule has 0 saturated carbocycles. The smallest absolute Gasteiger partial charge is 0.236 e. The summed E-state index contributed by atoms with van der Waals surface area (Å²) in [6, 6.07) is 0. The van der Waals surface area contributed by atoms with Crippen molar-refractivity contribution in [2.24, 2.45) is 0 Å². The first-order valence-electron chi connectivity index (χ1n) is 7.28. The molecule has 112 valence electrons. The third kappa shape index (κ3) is 4.57. The van der Waals surface area contributed by atoms with Gasteiger partial charge in [-0.2, -0.15) is 0 Å². The van der Waals surface area contributed by atoms with Gasteiger partial charge in [0.15, 0.2) is 0 Å². The minimum Gasteiger partial charge on any atom is -0.396 e. The van der Waals surface area contributed by atoms with E-state index >= 15 is 0 Å². The number of carbonyl (C=O) groups is 1. The molecule has 1 aliphatic heterocycles. The number of carbonyl (C=O) groups excluding carboxylic acids is 1. The first-order valence-corrected chi connectivity index (χ1v) is 7.28. The van der Waals surface area contributed by atoms with Crippen LogP contribution in [0.3, 0.4) is 0 Å². The van der Waals surface area contributed by atoms with Crippen LogP contribution in [0, 0.1) is 0 Å². The van der Waals surface area contributed by atoms with Crippen molar-refractivity contribution in [2.75, 3.05) is 26.2 Å². The molecule has 20 heavy (non-hydrogen) atoms.